The topological polar surface area (TPSA) is 34.6 Å². The number of likely N-dealkylation sites (tertiary alicyclic amines) is 1. The van der Waals surface area contributed by atoms with Crippen LogP contribution in [0.4, 0.5) is 0 Å². The van der Waals surface area contributed by atoms with Crippen LogP contribution in [0.15, 0.2) is 18.3 Å². The summed E-state index contributed by atoms with van der Waals surface area (Å²) >= 11 is 5.91. The molecule has 0 N–H and O–H groups in total. The molecule has 3 heterocycles. The Balaban J connectivity index is 1.50. The maximum atomic E-state index is 5.91. The number of pyridine rings is 1. The van der Waals surface area contributed by atoms with Crippen molar-refractivity contribution >= 4 is 11.6 Å². The van der Waals surface area contributed by atoms with Crippen LogP contribution in [0.25, 0.3) is 0 Å². The van der Waals surface area contributed by atoms with Gasteiger partial charge in [-0.15, -0.1) is 0 Å². The Kier molecular flexibility index (Phi) is 4.33. The van der Waals surface area contributed by atoms with Crippen molar-refractivity contribution in [2.75, 3.05) is 26.3 Å². The van der Waals surface area contributed by atoms with Crippen molar-refractivity contribution in [3.05, 3.63) is 29.0 Å². The predicted molar refractivity (Wildman–Crippen MR) is 72.9 cm³/mol. The largest absolute Gasteiger partial charge is 0.350 e. The maximum absolute atomic E-state index is 5.91. The number of halogens is 1. The van der Waals surface area contributed by atoms with E-state index in [4.69, 9.17) is 21.1 Å². The Bertz CT molecular complexity index is 416. The Morgan fingerprint density at radius 1 is 1.26 bits per heavy atom. The van der Waals surface area contributed by atoms with Gasteiger partial charge in [0.15, 0.2) is 6.29 Å². The minimum absolute atomic E-state index is 0.0394. The first-order chi connectivity index (χ1) is 9.31. The van der Waals surface area contributed by atoms with Crippen molar-refractivity contribution in [1.29, 1.82) is 0 Å². The number of hydrogen-bond donors (Lipinski definition) is 0. The van der Waals surface area contributed by atoms with E-state index in [1.807, 2.05) is 12.1 Å². The van der Waals surface area contributed by atoms with E-state index in [2.05, 4.69) is 9.88 Å². The van der Waals surface area contributed by atoms with Crippen LogP contribution in [0, 0.1) is 5.92 Å². The average Bonchev–Trinajstić information content (AvgIpc) is 2.94. The summed E-state index contributed by atoms with van der Waals surface area (Å²) in [6.07, 6.45) is 4.09. The molecule has 0 amide bonds. The lowest BCUT2D eigenvalue weighted by Crippen LogP contribution is -2.37. The molecular formula is C14H19ClN2O2. The SMILES string of the molecule is Clc1cc(CN2CCC(C3OCCO3)CC2)ccn1. The Hall–Kier alpha value is -0.680. The van der Waals surface area contributed by atoms with E-state index in [1.165, 1.54) is 5.56 Å². The van der Waals surface area contributed by atoms with Crippen LogP contribution >= 0.6 is 11.6 Å². The Morgan fingerprint density at radius 2 is 2.00 bits per heavy atom. The molecule has 0 atom stereocenters. The highest BCUT2D eigenvalue weighted by molar-refractivity contribution is 6.29. The standard InChI is InChI=1S/C14H19ClN2O2/c15-13-9-11(1-4-16-13)10-17-5-2-12(3-6-17)14-18-7-8-19-14/h1,4,9,12,14H,2-3,5-8,10H2. The minimum Gasteiger partial charge on any atom is -0.350 e. The fourth-order valence-electron chi connectivity index (χ4n) is 2.83. The van der Waals surface area contributed by atoms with Crippen molar-refractivity contribution < 1.29 is 9.47 Å². The van der Waals surface area contributed by atoms with Gasteiger partial charge in [-0.25, -0.2) is 4.98 Å². The van der Waals surface area contributed by atoms with E-state index < -0.39 is 0 Å². The Labute approximate surface area is 118 Å². The second-order valence-electron chi connectivity index (χ2n) is 5.21. The maximum Gasteiger partial charge on any atom is 0.160 e. The van der Waals surface area contributed by atoms with Gasteiger partial charge in [0.05, 0.1) is 13.2 Å². The van der Waals surface area contributed by atoms with Crippen LogP contribution in [0.5, 0.6) is 0 Å². The van der Waals surface area contributed by atoms with Crippen molar-refractivity contribution in [2.45, 2.75) is 25.7 Å². The quantitative estimate of drug-likeness (QED) is 0.797. The Morgan fingerprint density at radius 3 is 2.68 bits per heavy atom. The highest BCUT2D eigenvalue weighted by Gasteiger charge is 2.30. The molecular weight excluding hydrogens is 264 g/mol. The van der Waals surface area contributed by atoms with Gasteiger partial charge in [-0.1, -0.05) is 11.6 Å². The smallest absolute Gasteiger partial charge is 0.160 e. The zero-order valence-electron chi connectivity index (χ0n) is 10.9. The predicted octanol–water partition coefficient (Wildman–Crippen LogP) is 2.32. The van der Waals surface area contributed by atoms with Gasteiger partial charge < -0.3 is 9.47 Å². The summed E-state index contributed by atoms with van der Waals surface area (Å²) in [5.74, 6) is 0.555. The zero-order valence-corrected chi connectivity index (χ0v) is 11.7. The molecule has 1 aromatic rings. The van der Waals surface area contributed by atoms with E-state index in [0.29, 0.717) is 11.1 Å². The average molecular weight is 283 g/mol. The van der Waals surface area contributed by atoms with E-state index in [-0.39, 0.29) is 6.29 Å². The van der Waals surface area contributed by atoms with Crippen LogP contribution < -0.4 is 0 Å². The molecule has 0 saturated carbocycles. The molecule has 0 aromatic carbocycles. The summed E-state index contributed by atoms with van der Waals surface area (Å²) in [6, 6.07) is 3.97. The molecule has 0 spiro atoms. The number of nitrogens with zero attached hydrogens (tertiary/aromatic N) is 2. The van der Waals surface area contributed by atoms with Gasteiger partial charge in [-0.05, 0) is 43.6 Å². The lowest BCUT2D eigenvalue weighted by Gasteiger charge is -2.33. The first-order valence-corrected chi connectivity index (χ1v) is 7.25. The molecule has 0 bridgehead atoms. The molecule has 5 heteroatoms. The number of aromatic nitrogens is 1. The molecule has 3 rings (SSSR count). The van der Waals surface area contributed by atoms with Gasteiger partial charge >= 0.3 is 0 Å². The van der Waals surface area contributed by atoms with Crippen LogP contribution in [-0.2, 0) is 16.0 Å². The summed E-state index contributed by atoms with van der Waals surface area (Å²) < 4.78 is 11.2. The number of hydrogen-bond acceptors (Lipinski definition) is 4. The fourth-order valence-corrected chi connectivity index (χ4v) is 3.03. The molecule has 0 radical (unpaired) electrons. The first kappa shape index (κ1) is 13.3. The molecule has 2 fully saturated rings. The summed E-state index contributed by atoms with van der Waals surface area (Å²) in [7, 11) is 0. The van der Waals surface area contributed by atoms with Crippen molar-refractivity contribution in [3.63, 3.8) is 0 Å². The highest BCUT2D eigenvalue weighted by atomic mass is 35.5. The first-order valence-electron chi connectivity index (χ1n) is 6.87. The summed E-state index contributed by atoms with van der Waals surface area (Å²) in [5, 5.41) is 0.570. The van der Waals surface area contributed by atoms with E-state index in [1.54, 1.807) is 6.20 Å². The van der Waals surface area contributed by atoms with Gasteiger partial charge in [0, 0.05) is 18.7 Å². The molecule has 19 heavy (non-hydrogen) atoms. The van der Waals surface area contributed by atoms with Gasteiger partial charge in [0.2, 0.25) is 0 Å². The molecule has 0 aliphatic carbocycles. The minimum atomic E-state index is 0.0394. The summed E-state index contributed by atoms with van der Waals surface area (Å²) in [4.78, 5) is 6.47. The van der Waals surface area contributed by atoms with Gasteiger partial charge in [-0.3, -0.25) is 4.90 Å². The summed E-state index contributed by atoms with van der Waals surface area (Å²) in [5.41, 5.74) is 1.23. The van der Waals surface area contributed by atoms with Gasteiger partial charge in [-0.2, -0.15) is 0 Å². The summed E-state index contributed by atoms with van der Waals surface area (Å²) in [6.45, 7) is 4.63. The molecule has 2 aliphatic rings. The van der Waals surface area contributed by atoms with Crippen molar-refractivity contribution in [3.8, 4) is 0 Å². The lowest BCUT2D eigenvalue weighted by atomic mass is 9.96. The number of rotatable bonds is 3. The van der Waals surface area contributed by atoms with Crippen LogP contribution in [-0.4, -0.2) is 42.5 Å². The molecule has 2 aliphatic heterocycles. The van der Waals surface area contributed by atoms with Crippen molar-refractivity contribution in [1.82, 2.24) is 9.88 Å². The molecule has 4 nitrogen and oxygen atoms in total. The van der Waals surface area contributed by atoms with Crippen LogP contribution in [0.2, 0.25) is 5.15 Å². The molecule has 1 aromatic heterocycles. The van der Waals surface area contributed by atoms with E-state index in [9.17, 15) is 0 Å². The third-order valence-corrected chi connectivity index (χ3v) is 4.07. The molecule has 0 unspecified atom stereocenters. The molecule has 2 saturated heterocycles. The fraction of sp³-hybridized carbons (Fsp3) is 0.643. The van der Waals surface area contributed by atoms with Crippen LogP contribution in [0.1, 0.15) is 18.4 Å². The third-order valence-electron chi connectivity index (χ3n) is 3.86. The zero-order chi connectivity index (χ0) is 13.1. The normalized spacial score (nSPS) is 23.0. The number of ether oxygens (including phenoxy) is 2. The molecule has 104 valence electrons. The van der Waals surface area contributed by atoms with E-state index >= 15 is 0 Å². The van der Waals surface area contributed by atoms with Gasteiger partial charge in [0.25, 0.3) is 0 Å². The van der Waals surface area contributed by atoms with Crippen molar-refractivity contribution in [2.24, 2.45) is 5.92 Å². The second-order valence-corrected chi connectivity index (χ2v) is 5.60. The second kappa shape index (κ2) is 6.18. The van der Waals surface area contributed by atoms with E-state index in [0.717, 1.165) is 45.7 Å². The van der Waals surface area contributed by atoms with Gasteiger partial charge in [0.1, 0.15) is 5.15 Å². The van der Waals surface area contributed by atoms with Crippen LogP contribution in [0.3, 0.4) is 0 Å². The highest BCUT2D eigenvalue weighted by Crippen LogP contribution is 2.26. The monoisotopic (exact) mass is 282 g/mol. The number of piperidine rings is 1. The lowest BCUT2D eigenvalue weighted by molar-refractivity contribution is -0.0977. The third kappa shape index (κ3) is 3.45.